The molecule has 18 heavy (non-hydrogen) atoms. The Kier molecular flexibility index (Phi) is 4.72. The molecule has 102 valence electrons. The molecule has 0 spiro atoms. The number of rotatable bonds is 5. The molecule has 0 aliphatic carbocycles. The van der Waals surface area contributed by atoms with Crippen LogP contribution in [0.5, 0.6) is 0 Å². The number of hydrogen-bond donors (Lipinski definition) is 1. The summed E-state index contributed by atoms with van der Waals surface area (Å²) in [5.41, 5.74) is 7.03. The average Bonchev–Trinajstić information content (AvgIpc) is 2.24. The molecular weight excluding hydrogens is 250 g/mol. The van der Waals surface area contributed by atoms with Gasteiger partial charge in [-0.15, -0.1) is 0 Å². The Hall–Kier alpha value is -1.11. The van der Waals surface area contributed by atoms with Gasteiger partial charge >= 0.3 is 0 Å². The van der Waals surface area contributed by atoms with Crippen molar-refractivity contribution in [3.63, 3.8) is 0 Å². The van der Waals surface area contributed by atoms with Crippen LogP contribution in [0.1, 0.15) is 5.56 Å². The number of sulfonamides is 1. The summed E-state index contributed by atoms with van der Waals surface area (Å²) in [6.45, 7) is 2.98. The maximum Gasteiger partial charge on any atom is 0.244 e. The minimum absolute atomic E-state index is 0.175. The second kappa shape index (κ2) is 5.69. The number of hydrogen-bond acceptors (Lipinski definition) is 4. The molecule has 0 fully saturated rings. The molecule has 0 heterocycles. The van der Waals surface area contributed by atoms with Crippen LogP contribution in [-0.4, -0.2) is 51.9 Å². The summed E-state index contributed by atoms with van der Waals surface area (Å²) in [6, 6.07) is 4.99. The summed E-state index contributed by atoms with van der Waals surface area (Å²) in [5.74, 6) is 0. The number of nitrogens with two attached hydrogens (primary N) is 1. The molecule has 0 aliphatic rings. The summed E-state index contributed by atoms with van der Waals surface area (Å²) in [6.07, 6.45) is 0. The van der Waals surface area contributed by atoms with Crippen LogP contribution >= 0.6 is 0 Å². The van der Waals surface area contributed by atoms with E-state index < -0.39 is 10.0 Å². The topological polar surface area (TPSA) is 66.6 Å². The third-order valence-corrected chi connectivity index (χ3v) is 4.65. The molecular formula is C12H21N3O2S. The molecule has 1 aromatic rings. The van der Waals surface area contributed by atoms with Gasteiger partial charge in [0.25, 0.3) is 0 Å². The van der Waals surface area contributed by atoms with Crippen molar-refractivity contribution in [3.8, 4) is 0 Å². The van der Waals surface area contributed by atoms with Crippen LogP contribution < -0.4 is 5.73 Å². The molecule has 0 bridgehead atoms. The van der Waals surface area contributed by atoms with Gasteiger partial charge in [-0.2, -0.15) is 4.31 Å². The highest BCUT2D eigenvalue weighted by molar-refractivity contribution is 7.89. The van der Waals surface area contributed by atoms with Crippen molar-refractivity contribution in [1.29, 1.82) is 0 Å². The molecule has 0 saturated carbocycles. The molecule has 5 nitrogen and oxygen atoms in total. The number of nitrogen functional groups attached to an aromatic ring is 1. The molecule has 0 atom stereocenters. The van der Waals surface area contributed by atoms with Gasteiger partial charge in [-0.1, -0.05) is 6.07 Å². The number of aryl methyl sites for hydroxylation is 1. The number of anilines is 1. The third-order valence-electron chi connectivity index (χ3n) is 2.72. The lowest BCUT2D eigenvalue weighted by atomic mass is 10.2. The summed E-state index contributed by atoms with van der Waals surface area (Å²) >= 11 is 0. The lowest BCUT2D eigenvalue weighted by Crippen LogP contribution is -2.33. The summed E-state index contributed by atoms with van der Waals surface area (Å²) in [7, 11) is 1.87. The highest BCUT2D eigenvalue weighted by atomic mass is 32.2. The molecule has 0 aliphatic heterocycles. The monoisotopic (exact) mass is 271 g/mol. The molecule has 0 amide bonds. The SMILES string of the molecule is Cc1ccc(S(=O)(=O)N(C)CCN(C)C)c(N)c1. The Labute approximate surface area is 109 Å². The van der Waals surface area contributed by atoms with Gasteiger partial charge in [0.1, 0.15) is 4.90 Å². The van der Waals surface area contributed by atoms with Crippen LogP contribution in [0.4, 0.5) is 5.69 Å². The molecule has 0 aromatic heterocycles. The van der Waals surface area contributed by atoms with Gasteiger partial charge in [0.2, 0.25) is 10.0 Å². The van der Waals surface area contributed by atoms with Crippen LogP contribution in [0.15, 0.2) is 23.1 Å². The Morgan fingerprint density at radius 2 is 1.78 bits per heavy atom. The van der Waals surface area contributed by atoms with Crippen LogP contribution in [0, 0.1) is 6.92 Å². The van der Waals surface area contributed by atoms with E-state index in [0.29, 0.717) is 18.8 Å². The van der Waals surface area contributed by atoms with E-state index in [-0.39, 0.29) is 4.90 Å². The third kappa shape index (κ3) is 3.44. The fraction of sp³-hybridized carbons (Fsp3) is 0.500. The Balaban J connectivity index is 2.98. The minimum Gasteiger partial charge on any atom is -0.398 e. The molecule has 2 N–H and O–H groups in total. The predicted molar refractivity (Wildman–Crippen MR) is 74.0 cm³/mol. The second-order valence-corrected chi connectivity index (χ2v) is 6.68. The predicted octanol–water partition coefficient (Wildman–Crippen LogP) is 0.759. The fourth-order valence-corrected chi connectivity index (χ4v) is 2.79. The lowest BCUT2D eigenvalue weighted by Gasteiger charge is -2.20. The largest absolute Gasteiger partial charge is 0.398 e. The van der Waals surface area contributed by atoms with Crippen LogP contribution in [0.3, 0.4) is 0 Å². The van der Waals surface area contributed by atoms with Crippen LogP contribution in [-0.2, 0) is 10.0 Å². The van der Waals surface area contributed by atoms with Gasteiger partial charge in [0.05, 0.1) is 5.69 Å². The molecule has 1 rings (SSSR count). The summed E-state index contributed by atoms with van der Waals surface area (Å²) in [5, 5.41) is 0. The normalized spacial score (nSPS) is 12.3. The smallest absolute Gasteiger partial charge is 0.244 e. The van der Waals surface area contributed by atoms with E-state index in [2.05, 4.69) is 0 Å². The van der Waals surface area contributed by atoms with E-state index in [1.165, 1.54) is 4.31 Å². The molecule has 6 heteroatoms. The molecule has 1 aromatic carbocycles. The first kappa shape index (κ1) is 14.9. The Bertz CT molecular complexity index is 512. The van der Waals surface area contributed by atoms with E-state index in [4.69, 9.17) is 5.73 Å². The number of nitrogens with zero attached hydrogens (tertiary/aromatic N) is 2. The van der Waals surface area contributed by atoms with E-state index in [1.54, 1.807) is 25.2 Å². The molecule has 0 saturated heterocycles. The summed E-state index contributed by atoms with van der Waals surface area (Å²) in [4.78, 5) is 2.11. The van der Waals surface area contributed by atoms with Crippen molar-refractivity contribution in [2.45, 2.75) is 11.8 Å². The second-order valence-electron chi connectivity index (χ2n) is 4.67. The van der Waals surface area contributed by atoms with Gasteiger partial charge < -0.3 is 10.6 Å². The Morgan fingerprint density at radius 1 is 1.17 bits per heavy atom. The minimum atomic E-state index is -3.50. The molecule has 0 unspecified atom stereocenters. The molecule has 0 radical (unpaired) electrons. The highest BCUT2D eigenvalue weighted by Gasteiger charge is 2.22. The fourth-order valence-electron chi connectivity index (χ4n) is 1.53. The maximum atomic E-state index is 12.3. The van der Waals surface area contributed by atoms with E-state index in [0.717, 1.165) is 5.56 Å². The van der Waals surface area contributed by atoms with Gasteiger partial charge in [0.15, 0.2) is 0 Å². The van der Waals surface area contributed by atoms with Gasteiger partial charge in [-0.25, -0.2) is 8.42 Å². The zero-order chi connectivity index (χ0) is 13.9. The van der Waals surface area contributed by atoms with E-state index in [9.17, 15) is 8.42 Å². The first-order valence-corrected chi connectivity index (χ1v) is 7.16. The Morgan fingerprint density at radius 3 is 2.28 bits per heavy atom. The van der Waals surface area contributed by atoms with Gasteiger partial charge in [-0.3, -0.25) is 0 Å². The zero-order valence-corrected chi connectivity index (χ0v) is 12.2. The van der Waals surface area contributed by atoms with Crippen LogP contribution in [0.2, 0.25) is 0 Å². The number of likely N-dealkylation sites (N-methyl/N-ethyl adjacent to an activating group) is 2. The first-order chi connectivity index (χ1) is 8.25. The number of benzene rings is 1. The van der Waals surface area contributed by atoms with Crippen molar-refractivity contribution < 1.29 is 8.42 Å². The standard InChI is InChI=1S/C12H21N3O2S/c1-10-5-6-12(11(13)9-10)18(16,17)15(4)8-7-14(2)3/h5-6,9H,7-8,13H2,1-4H3. The average molecular weight is 271 g/mol. The van der Waals surface area contributed by atoms with Gasteiger partial charge in [0, 0.05) is 20.1 Å². The van der Waals surface area contributed by atoms with Crippen molar-refractivity contribution in [2.75, 3.05) is 40.0 Å². The summed E-state index contributed by atoms with van der Waals surface area (Å²) < 4.78 is 25.9. The first-order valence-electron chi connectivity index (χ1n) is 5.72. The van der Waals surface area contributed by atoms with E-state index in [1.807, 2.05) is 25.9 Å². The lowest BCUT2D eigenvalue weighted by molar-refractivity contribution is 0.358. The zero-order valence-electron chi connectivity index (χ0n) is 11.3. The quantitative estimate of drug-likeness (QED) is 0.803. The van der Waals surface area contributed by atoms with Crippen molar-refractivity contribution in [3.05, 3.63) is 23.8 Å². The van der Waals surface area contributed by atoms with Gasteiger partial charge in [-0.05, 0) is 38.7 Å². The highest BCUT2D eigenvalue weighted by Crippen LogP contribution is 2.22. The van der Waals surface area contributed by atoms with Crippen LogP contribution in [0.25, 0.3) is 0 Å². The van der Waals surface area contributed by atoms with Crippen molar-refractivity contribution in [2.24, 2.45) is 0 Å². The van der Waals surface area contributed by atoms with Crippen molar-refractivity contribution >= 4 is 15.7 Å². The van der Waals surface area contributed by atoms with E-state index >= 15 is 0 Å². The van der Waals surface area contributed by atoms with Crippen molar-refractivity contribution in [1.82, 2.24) is 9.21 Å². The maximum absolute atomic E-state index is 12.3.